The van der Waals surface area contributed by atoms with Gasteiger partial charge in [0.1, 0.15) is 0 Å². The van der Waals surface area contributed by atoms with Crippen molar-refractivity contribution in [1.29, 1.82) is 0 Å². The van der Waals surface area contributed by atoms with Crippen molar-refractivity contribution in [3.8, 4) is 0 Å². The number of rotatable bonds is 6. The molecular weight excluding hydrogens is 356 g/mol. The van der Waals surface area contributed by atoms with Crippen molar-refractivity contribution < 1.29 is 14.6 Å². The molecule has 2 aliphatic rings. The highest BCUT2D eigenvalue weighted by molar-refractivity contribution is 5.95. The molecule has 2 N–H and O–H groups in total. The summed E-state index contributed by atoms with van der Waals surface area (Å²) in [5, 5.41) is 18.4. The summed E-state index contributed by atoms with van der Waals surface area (Å²) in [6, 6.07) is -0.423. The van der Waals surface area contributed by atoms with Gasteiger partial charge >= 0.3 is 0 Å². The van der Waals surface area contributed by atoms with Crippen LogP contribution in [0.3, 0.4) is 0 Å². The number of piperidine rings is 1. The Morgan fingerprint density at radius 2 is 2.00 bits per heavy atom. The Morgan fingerprint density at radius 3 is 2.61 bits per heavy atom. The lowest BCUT2D eigenvalue weighted by molar-refractivity contribution is -0.186. The van der Waals surface area contributed by atoms with Gasteiger partial charge in [-0.25, -0.2) is 0 Å². The fraction of sp³-hybridized carbons (Fsp3) is 0.810. The smallest absolute Gasteiger partial charge is 0.255 e. The summed E-state index contributed by atoms with van der Waals surface area (Å²) < 4.78 is 8.12. The molecule has 28 heavy (non-hydrogen) atoms. The normalized spacial score (nSPS) is 27.8. The van der Waals surface area contributed by atoms with Crippen LogP contribution in [0.4, 0.5) is 0 Å². The number of nitrogens with zero attached hydrogens (tertiary/aromatic N) is 3. The van der Waals surface area contributed by atoms with Crippen molar-refractivity contribution in [2.24, 2.45) is 0 Å². The number of aliphatic hydroxyl groups is 1. The maximum absolute atomic E-state index is 12.8. The maximum atomic E-state index is 12.8. The van der Waals surface area contributed by atoms with Crippen molar-refractivity contribution >= 4 is 5.91 Å². The van der Waals surface area contributed by atoms with Crippen LogP contribution in [0, 0.1) is 6.92 Å². The molecule has 2 saturated heterocycles. The number of likely N-dealkylation sites (tertiary alicyclic amines) is 1. The van der Waals surface area contributed by atoms with E-state index in [4.69, 9.17) is 4.74 Å². The van der Waals surface area contributed by atoms with Crippen LogP contribution in [0.5, 0.6) is 0 Å². The summed E-state index contributed by atoms with van der Waals surface area (Å²) in [4.78, 5) is 15.3. The van der Waals surface area contributed by atoms with Crippen molar-refractivity contribution in [2.75, 3.05) is 26.2 Å². The second-order valence-corrected chi connectivity index (χ2v) is 8.76. The SMILES string of the molecule is CCCN1CCC2(CC1)C[C@](C)(O)[C@@H](NC(=O)c1cnn(CCC)c1C)CO2. The van der Waals surface area contributed by atoms with E-state index in [0.29, 0.717) is 18.6 Å². The summed E-state index contributed by atoms with van der Waals surface area (Å²) in [5.41, 5.74) is 0.165. The van der Waals surface area contributed by atoms with Gasteiger partial charge in [-0.15, -0.1) is 0 Å². The first kappa shape index (κ1) is 21.3. The first-order valence-corrected chi connectivity index (χ1v) is 10.7. The van der Waals surface area contributed by atoms with Crippen molar-refractivity contribution in [3.05, 3.63) is 17.5 Å². The Labute approximate surface area is 168 Å². The number of aromatic nitrogens is 2. The van der Waals surface area contributed by atoms with E-state index in [1.54, 1.807) is 6.20 Å². The van der Waals surface area contributed by atoms with Gasteiger partial charge in [0.05, 0.1) is 35.6 Å². The number of hydrogen-bond acceptors (Lipinski definition) is 5. The largest absolute Gasteiger partial charge is 0.388 e. The average molecular weight is 393 g/mol. The van der Waals surface area contributed by atoms with E-state index in [1.165, 1.54) is 0 Å². The number of amides is 1. The second kappa shape index (κ2) is 8.51. The molecule has 2 fully saturated rings. The Hall–Kier alpha value is -1.44. The Kier molecular flexibility index (Phi) is 6.47. The van der Waals surface area contributed by atoms with Gasteiger partial charge in [0.25, 0.3) is 5.91 Å². The molecule has 0 radical (unpaired) electrons. The van der Waals surface area contributed by atoms with E-state index < -0.39 is 11.6 Å². The summed E-state index contributed by atoms with van der Waals surface area (Å²) in [7, 11) is 0. The lowest BCUT2D eigenvalue weighted by atomic mass is 9.75. The molecule has 3 heterocycles. The quantitative estimate of drug-likeness (QED) is 0.775. The van der Waals surface area contributed by atoms with Gasteiger partial charge in [0, 0.05) is 31.7 Å². The van der Waals surface area contributed by atoms with Gasteiger partial charge in [0.15, 0.2) is 0 Å². The van der Waals surface area contributed by atoms with Gasteiger partial charge in [-0.3, -0.25) is 9.48 Å². The molecule has 158 valence electrons. The predicted molar refractivity (Wildman–Crippen MR) is 108 cm³/mol. The van der Waals surface area contributed by atoms with Crippen LogP contribution in [-0.2, 0) is 11.3 Å². The minimum absolute atomic E-state index is 0.192. The van der Waals surface area contributed by atoms with Crippen LogP contribution in [-0.4, -0.2) is 69.2 Å². The number of ether oxygens (including phenoxy) is 1. The summed E-state index contributed by atoms with van der Waals surface area (Å²) in [6.45, 7) is 12.3. The molecule has 1 aromatic heterocycles. The molecule has 3 rings (SSSR count). The Bertz CT molecular complexity index is 677. The highest BCUT2D eigenvalue weighted by Crippen LogP contribution is 2.39. The zero-order valence-corrected chi connectivity index (χ0v) is 17.8. The Balaban J connectivity index is 1.62. The number of carbonyl (C=O) groups excluding carboxylic acids is 1. The predicted octanol–water partition coefficient (Wildman–Crippen LogP) is 2.12. The van der Waals surface area contributed by atoms with E-state index in [-0.39, 0.29) is 11.5 Å². The van der Waals surface area contributed by atoms with Crippen LogP contribution in [0.25, 0.3) is 0 Å². The lowest BCUT2D eigenvalue weighted by Crippen LogP contribution is -2.64. The molecule has 0 aromatic carbocycles. The van der Waals surface area contributed by atoms with Crippen molar-refractivity contribution in [1.82, 2.24) is 20.0 Å². The molecule has 1 aromatic rings. The van der Waals surface area contributed by atoms with E-state index in [9.17, 15) is 9.90 Å². The fourth-order valence-corrected chi connectivity index (χ4v) is 4.63. The first-order chi connectivity index (χ1) is 13.3. The second-order valence-electron chi connectivity index (χ2n) is 8.76. The maximum Gasteiger partial charge on any atom is 0.255 e. The minimum atomic E-state index is -0.992. The molecule has 2 atom stereocenters. The molecule has 0 unspecified atom stereocenters. The third-order valence-electron chi connectivity index (χ3n) is 6.38. The van der Waals surface area contributed by atoms with Gasteiger partial charge < -0.3 is 20.1 Å². The zero-order valence-electron chi connectivity index (χ0n) is 17.8. The van der Waals surface area contributed by atoms with Crippen LogP contribution >= 0.6 is 0 Å². The number of hydrogen-bond donors (Lipinski definition) is 2. The third-order valence-corrected chi connectivity index (χ3v) is 6.38. The van der Waals surface area contributed by atoms with Crippen molar-refractivity contribution in [3.63, 3.8) is 0 Å². The lowest BCUT2D eigenvalue weighted by Gasteiger charge is -2.51. The molecule has 0 saturated carbocycles. The van der Waals surface area contributed by atoms with E-state index in [0.717, 1.165) is 57.6 Å². The molecular formula is C21H36N4O3. The molecule has 0 aliphatic carbocycles. The van der Waals surface area contributed by atoms with Crippen LogP contribution in [0.15, 0.2) is 6.20 Å². The molecule has 7 heteroatoms. The highest BCUT2D eigenvalue weighted by Gasteiger charge is 2.49. The van der Waals surface area contributed by atoms with Gasteiger partial charge in [-0.1, -0.05) is 13.8 Å². The minimum Gasteiger partial charge on any atom is -0.388 e. The average Bonchev–Trinajstić information content (AvgIpc) is 3.01. The highest BCUT2D eigenvalue weighted by atomic mass is 16.5. The first-order valence-electron chi connectivity index (χ1n) is 10.7. The number of nitrogens with one attached hydrogen (secondary N) is 1. The standard InChI is InChI=1S/C21H36N4O3/c1-5-9-24-11-7-21(8-12-24)15-20(4,27)18(14-28-21)23-19(26)17-13-22-25(10-6-2)16(17)3/h13,18,27H,5-12,14-15H2,1-4H3,(H,23,26)/t18-,20-/m0/s1. The van der Waals surface area contributed by atoms with Crippen LogP contribution < -0.4 is 5.32 Å². The van der Waals surface area contributed by atoms with Crippen molar-refractivity contribution in [2.45, 2.75) is 83.6 Å². The number of carbonyl (C=O) groups is 1. The fourth-order valence-electron chi connectivity index (χ4n) is 4.63. The topological polar surface area (TPSA) is 79.6 Å². The molecule has 0 bridgehead atoms. The van der Waals surface area contributed by atoms with E-state index in [1.807, 2.05) is 18.5 Å². The molecule has 1 spiro atoms. The monoisotopic (exact) mass is 392 g/mol. The molecule has 7 nitrogen and oxygen atoms in total. The molecule has 2 aliphatic heterocycles. The van der Waals surface area contributed by atoms with Crippen LogP contribution in [0.2, 0.25) is 0 Å². The Morgan fingerprint density at radius 1 is 1.32 bits per heavy atom. The summed E-state index contributed by atoms with van der Waals surface area (Å²) in [6.07, 6.45) is 6.17. The zero-order chi connectivity index (χ0) is 20.4. The van der Waals surface area contributed by atoms with Gasteiger partial charge in [-0.05, 0) is 46.1 Å². The molecule has 1 amide bonds. The van der Waals surface area contributed by atoms with Gasteiger partial charge in [0.2, 0.25) is 0 Å². The summed E-state index contributed by atoms with van der Waals surface area (Å²) >= 11 is 0. The van der Waals surface area contributed by atoms with E-state index >= 15 is 0 Å². The summed E-state index contributed by atoms with van der Waals surface area (Å²) in [5.74, 6) is -0.192. The third kappa shape index (κ3) is 4.42. The number of aryl methyl sites for hydroxylation is 1. The van der Waals surface area contributed by atoms with E-state index in [2.05, 4.69) is 29.2 Å². The van der Waals surface area contributed by atoms with Gasteiger partial charge in [-0.2, -0.15) is 5.10 Å². The van der Waals surface area contributed by atoms with Crippen LogP contribution in [0.1, 0.15) is 68.9 Å².